The predicted molar refractivity (Wildman–Crippen MR) is 99.1 cm³/mol. The normalized spacial score (nSPS) is 10.6. The summed E-state index contributed by atoms with van der Waals surface area (Å²) in [6, 6.07) is 12.0. The summed E-state index contributed by atoms with van der Waals surface area (Å²) >= 11 is 0. The van der Waals surface area contributed by atoms with Crippen molar-refractivity contribution in [3.63, 3.8) is 0 Å². The van der Waals surface area contributed by atoms with Crippen LogP contribution in [-0.4, -0.2) is 31.4 Å². The SMILES string of the molecule is C=COCCOc1ccc2c(c1)[nH]c1cc(OCCOC=C)ccc12. The molecule has 130 valence electrons. The molecule has 0 saturated heterocycles. The molecule has 5 heteroatoms. The van der Waals surface area contributed by atoms with Crippen molar-refractivity contribution in [1.82, 2.24) is 4.98 Å². The fourth-order valence-electron chi connectivity index (χ4n) is 2.63. The lowest BCUT2D eigenvalue weighted by molar-refractivity contribution is 0.180. The van der Waals surface area contributed by atoms with Gasteiger partial charge in [-0.3, -0.25) is 0 Å². The minimum Gasteiger partial charge on any atom is -0.498 e. The molecule has 0 aliphatic heterocycles. The Labute approximate surface area is 146 Å². The number of nitrogens with one attached hydrogen (secondary N) is 1. The van der Waals surface area contributed by atoms with Gasteiger partial charge in [-0.15, -0.1) is 0 Å². The number of aromatic amines is 1. The summed E-state index contributed by atoms with van der Waals surface area (Å²) < 4.78 is 21.5. The first-order valence-electron chi connectivity index (χ1n) is 8.08. The van der Waals surface area contributed by atoms with Crippen LogP contribution < -0.4 is 9.47 Å². The number of H-pyrrole nitrogens is 1. The molecule has 0 radical (unpaired) electrons. The van der Waals surface area contributed by atoms with Gasteiger partial charge in [-0.25, -0.2) is 0 Å². The molecule has 5 nitrogen and oxygen atoms in total. The minimum absolute atomic E-state index is 0.475. The second-order valence-corrected chi connectivity index (χ2v) is 5.31. The molecule has 0 atom stereocenters. The van der Waals surface area contributed by atoms with Crippen LogP contribution in [0.5, 0.6) is 11.5 Å². The van der Waals surface area contributed by atoms with Gasteiger partial charge in [0, 0.05) is 22.9 Å². The average Bonchev–Trinajstić information content (AvgIpc) is 2.99. The van der Waals surface area contributed by atoms with E-state index in [0.29, 0.717) is 26.4 Å². The van der Waals surface area contributed by atoms with Gasteiger partial charge in [0.15, 0.2) is 0 Å². The molecule has 0 bridgehead atoms. The van der Waals surface area contributed by atoms with E-state index in [1.807, 2.05) is 24.3 Å². The van der Waals surface area contributed by atoms with Crippen LogP contribution in [0.25, 0.3) is 21.8 Å². The van der Waals surface area contributed by atoms with E-state index in [9.17, 15) is 0 Å². The summed E-state index contributed by atoms with van der Waals surface area (Å²) in [4.78, 5) is 3.41. The summed E-state index contributed by atoms with van der Waals surface area (Å²) in [5, 5.41) is 2.29. The number of hydrogen-bond donors (Lipinski definition) is 1. The Morgan fingerprint density at radius 2 is 1.20 bits per heavy atom. The third kappa shape index (κ3) is 4.07. The summed E-state index contributed by atoms with van der Waals surface area (Å²) in [5.41, 5.74) is 2.04. The largest absolute Gasteiger partial charge is 0.498 e. The van der Waals surface area contributed by atoms with E-state index in [4.69, 9.17) is 18.9 Å². The Morgan fingerprint density at radius 1 is 0.720 bits per heavy atom. The first-order valence-corrected chi connectivity index (χ1v) is 8.08. The van der Waals surface area contributed by atoms with Crippen molar-refractivity contribution < 1.29 is 18.9 Å². The van der Waals surface area contributed by atoms with E-state index in [0.717, 1.165) is 33.3 Å². The second-order valence-electron chi connectivity index (χ2n) is 5.31. The van der Waals surface area contributed by atoms with Crippen LogP contribution in [0.3, 0.4) is 0 Å². The van der Waals surface area contributed by atoms with Crippen LogP contribution in [0.2, 0.25) is 0 Å². The average molecular weight is 339 g/mol. The predicted octanol–water partition coefficient (Wildman–Crippen LogP) is 4.40. The summed E-state index contributed by atoms with van der Waals surface area (Å²) in [6.45, 7) is 8.90. The molecule has 0 unspecified atom stereocenters. The first-order chi connectivity index (χ1) is 12.3. The molecular weight excluding hydrogens is 318 g/mol. The molecular formula is C20H21NO4. The van der Waals surface area contributed by atoms with Crippen molar-refractivity contribution in [2.75, 3.05) is 26.4 Å². The van der Waals surface area contributed by atoms with E-state index in [1.165, 1.54) is 12.5 Å². The van der Waals surface area contributed by atoms with E-state index < -0.39 is 0 Å². The van der Waals surface area contributed by atoms with Crippen LogP contribution in [0.15, 0.2) is 62.1 Å². The third-order valence-corrected chi connectivity index (χ3v) is 3.72. The van der Waals surface area contributed by atoms with Crippen LogP contribution in [0.4, 0.5) is 0 Å². The lowest BCUT2D eigenvalue weighted by Gasteiger charge is -2.06. The number of fused-ring (bicyclic) bond motifs is 3. The monoisotopic (exact) mass is 339 g/mol. The third-order valence-electron chi connectivity index (χ3n) is 3.72. The van der Waals surface area contributed by atoms with Gasteiger partial charge < -0.3 is 23.9 Å². The quantitative estimate of drug-likeness (QED) is 0.439. The van der Waals surface area contributed by atoms with Crippen molar-refractivity contribution in [3.8, 4) is 11.5 Å². The molecule has 0 spiro atoms. The van der Waals surface area contributed by atoms with Crippen LogP contribution in [0, 0.1) is 0 Å². The Hall–Kier alpha value is -3.08. The van der Waals surface area contributed by atoms with Crippen molar-refractivity contribution in [2.45, 2.75) is 0 Å². The zero-order valence-electron chi connectivity index (χ0n) is 14.0. The maximum Gasteiger partial charge on any atom is 0.122 e. The molecule has 2 aromatic carbocycles. The molecule has 1 heterocycles. The van der Waals surface area contributed by atoms with Crippen molar-refractivity contribution >= 4 is 21.8 Å². The van der Waals surface area contributed by atoms with Gasteiger partial charge >= 0.3 is 0 Å². The molecule has 1 aromatic heterocycles. The van der Waals surface area contributed by atoms with Crippen LogP contribution in [0.1, 0.15) is 0 Å². The van der Waals surface area contributed by atoms with Crippen LogP contribution >= 0.6 is 0 Å². The minimum atomic E-state index is 0.475. The molecule has 3 rings (SSSR count). The Kier molecular flexibility index (Phi) is 5.46. The molecule has 3 aromatic rings. The molecule has 0 saturated carbocycles. The lowest BCUT2D eigenvalue weighted by atomic mass is 10.1. The number of rotatable bonds is 10. The Balaban J connectivity index is 1.75. The number of benzene rings is 2. The zero-order valence-corrected chi connectivity index (χ0v) is 14.0. The molecule has 25 heavy (non-hydrogen) atoms. The molecule has 0 aliphatic carbocycles. The summed E-state index contributed by atoms with van der Waals surface area (Å²) in [6.07, 6.45) is 2.82. The summed E-state index contributed by atoms with van der Waals surface area (Å²) in [5.74, 6) is 1.59. The lowest BCUT2D eigenvalue weighted by Crippen LogP contribution is -2.03. The van der Waals surface area contributed by atoms with E-state index >= 15 is 0 Å². The molecule has 0 fully saturated rings. The standard InChI is InChI=1S/C20H21NO4/c1-3-22-9-11-24-15-5-7-17-18-8-6-16(25-12-10-23-4-2)14-20(18)21-19(17)13-15/h3-8,13-14,21H,1-2,9-12H2. The van der Waals surface area contributed by atoms with Gasteiger partial charge in [-0.2, -0.15) is 0 Å². The Morgan fingerprint density at radius 3 is 1.64 bits per heavy atom. The number of hydrogen-bond acceptors (Lipinski definition) is 4. The van der Waals surface area contributed by atoms with E-state index in [1.54, 1.807) is 0 Å². The van der Waals surface area contributed by atoms with Gasteiger partial charge in [0.2, 0.25) is 0 Å². The fraction of sp³-hybridized carbons (Fsp3) is 0.200. The highest BCUT2D eigenvalue weighted by atomic mass is 16.5. The molecule has 0 amide bonds. The fourth-order valence-corrected chi connectivity index (χ4v) is 2.63. The smallest absolute Gasteiger partial charge is 0.122 e. The van der Waals surface area contributed by atoms with Gasteiger partial charge in [0.05, 0.1) is 23.6 Å². The topological polar surface area (TPSA) is 52.7 Å². The van der Waals surface area contributed by atoms with Gasteiger partial charge in [-0.05, 0) is 24.3 Å². The highest BCUT2D eigenvalue weighted by molar-refractivity contribution is 6.07. The number of ether oxygens (including phenoxy) is 4. The zero-order chi connectivity index (χ0) is 17.5. The van der Waals surface area contributed by atoms with Gasteiger partial charge in [0.1, 0.15) is 37.9 Å². The Bertz CT molecular complexity index is 798. The maximum atomic E-state index is 5.67. The highest BCUT2D eigenvalue weighted by Gasteiger charge is 2.07. The molecule has 1 N–H and O–H groups in total. The van der Waals surface area contributed by atoms with E-state index in [2.05, 4.69) is 30.3 Å². The van der Waals surface area contributed by atoms with Gasteiger partial charge in [-0.1, -0.05) is 13.2 Å². The van der Waals surface area contributed by atoms with Crippen molar-refractivity contribution in [3.05, 3.63) is 62.1 Å². The first kappa shape index (κ1) is 16.8. The number of aromatic nitrogens is 1. The van der Waals surface area contributed by atoms with Crippen molar-refractivity contribution in [2.24, 2.45) is 0 Å². The molecule has 0 aliphatic rings. The second kappa shape index (κ2) is 8.15. The summed E-state index contributed by atoms with van der Waals surface area (Å²) in [7, 11) is 0. The van der Waals surface area contributed by atoms with Crippen LogP contribution in [-0.2, 0) is 9.47 Å². The van der Waals surface area contributed by atoms with Crippen molar-refractivity contribution in [1.29, 1.82) is 0 Å². The highest BCUT2D eigenvalue weighted by Crippen LogP contribution is 2.30. The van der Waals surface area contributed by atoms with E-state index in [-0.39, 0.29) is 0 Å². The van der Waals surface area contributed by atoms with Gasteiger partial charge in [0.25, 0.3) is 0 Å². The maximum absolute atomic E-state index is 5.67.